The molecule has 0 radical (unpaired) electrons. The molecule has 4 rings (SSSR count). The molecular weight excluding hydrogens is 310 g/mol. The van der Waals surface area contributed by atoms with Gasteiger partial charge in [-0.1, -0.05) is 35.9 Å². The second-order valence-corrected chi connectivity index (χ2v) is 7.49. The molecule has 4 nitrogen and oxygen atoms in total. The summed E-state index contributed by atoms with van der Waals surface area (Å²) in [5.74, 6) is 0. The fraction of sp³-hybridized carbons (Fsp3) is 0.381. The zero-order valence-electron chi connectivity index (χ0n) is 15.0. The maximum atomic E-state index is 13.0. The van der Waals surface area contributed by atoms with E-state index in [0.717, 1.165) is 43.9 Å². The number of carbonyl (C=O) groups is 1. The zero-order chi connectivity index (χ0) is 17.4. The second-order valence-electron chi connectivity index (χ2n) is 7.49. The zero-order valence-corrected chi connectivity index (χ0v) is 15.0. The summed E-state index contributed by atoms with van der Waals surface area (Å²) in [5, 5.41) is 3.05. The summed E-state index contributed by atoms with van der Waals surface area (Å²) in [6.45, 7) is 5.08. The molecule has 1 spiro atoms. The summed E-state index contributed by atoms with van der Waals surface area (Å²) < 4.78 is 0. The van der Waals surface area contributed by atoms with Gasteiger partial charge in [-0.3, -0.25) is 4.90 Å². The number of para-hydroxylation sites is 1. The largest absolute Gasteiger partial charge is 0.326 e. The maximum Gasteiger partial charge on any atom is 0.326 e. The molecule has 2 aromatic carbocycles. The van der Waals surface area contributed by atoms with Gasteiger partial charge in [0.25, 0.3) is 0 Å². The van der Waals surface area contributed by atoms with Crippen LogP contribution in [0.3, 0.4) is 0 Å². The number of nitrogens with zero attached hydrogens (tertiary/aromatic N) is 2. The third-order valence-corrected chi connectivity index (χ3v) is 5.69. The van der Waals surface area contributed by atoms with Crippen LogP contribution in [-0.2, 0) is 5.41 Å². The molecular formula is C21H25N3O. The van der Waals surface area contributed by atoms with Crippen molar-refractivity contribution in [1.82, 2.24) is 4.90 Å². The van der Waals surface area contributed by atoms with Crippen LogP contribution in [0.5, 0.6) is 0 Å². The normalized spacial score (nSPS) is 19.0. The molecule has 0 saturated carbocycles. The van der Waals surface area contributed by atoms with Gasteiger partial charge >= 0.3 is 6.03 Å². The minimum Gasteiger partial charge on any atom is -0.308 e. The van der Waals surface area contributed by atoms with E-state index in [1.807, 2.05) is 35.2 Å². The SMILES string of the molecule is Cc1ccc2c(c1)C1(CCN(C)CC1)CN2C(=O)Nc1ccccc1. The monoisotopic (exact) mass is 335 g/mol. The van der Waals surface area contributed by atoms with Crippen molar-refractivity contribution in [2.24, 2.45) is 0 Å². The number of carbonyl (C=O) groups excluding carboxylic acids is 1. The van der Waals surface area contributed by atoms with Gasteiger partial charge < -0.3 is 10.2 Å². The van der Waals surface area contributed by atoms with E-state index in [1.54, 1.807) is 0 Å². The van der Waals surface area contributed by atoms with Gasteiger partial charge in [-0.25, -0.2) is 4.79 Å². The number of nitrogens with one attached hydrogen (secondary N) is 1. The summed E-state index contributed by atoms with van der Waals surface area (Å²) in [7, 11) is 2.18. The molecule has 1 fully saturated rings. The third kappa shape index (κ3) is 2.91. The Labute approximate surface area is 149 Å². The van der Waals surface area contributed by atoms with Crippen LogP contribution in [0.15, 0.2) is 48.5 Å². The van der Waals surface area contributed by atoms with Gasteiger partial charge in [-0.2, -0.15) is 0 Å². The van der Waals surface area contributed by atoms with E-state index in [1.165, 1.54) is 11.1 Å². The van der Waals surface area contributed by atoms with Gasteiger partial charge in [0.15, 0.2) is 0 Å². The van der Waals surface area contributed by atoms with Crippen LogP contribution >= 0.6 is 0 Å². The number of aryl methyl sites for hydroxylation is 1. The lowest BCUT2D eigenvalue weighted by atomic mass is 9.74. The summed E-state index contributed by atoms with van der Waals surface area (Å²) >= 11 is 0. The van der Waals surface area contributed by atoms with Gasteiger partial charge in [0, 0.05) is 23.3 Å². The molecule has 2 aromatic rings. The Hall–Kier alpha value is -2.33. The van der Waals surface area contributed by atoms with E-state index in [-0.39, 0.29) is 11.4 Å². The molecule has 1 saturated heterocycles. The van der Waals surface area contributed by atoms with Crippen LogP contribution in [0.1, 0.15) is 24.0 Å². The lowest BCUT2D eigenvalue weighted by molar-refractivity contribution is 0.196. The summed E-state index contributed by atoms with van der Waals surface area (Å²) in [6.07, 6.45) is 2.21. The molecule has 0 aromatic heterocycles. The minimum atomic E-state index is -0.0351. The molecule has 0 atom stereocenters. The number of urea groups is 1. The van der Waals surface area contributed by atoms with E-state index >= 15 is 0 Å². The van der Waals surface area contributed by atoms with Crippen molar-refractivity contribution in [2.75, 3.05) is 36.9 Å². The molecule has 2 amide bonds. The summed E-state index contributed by atoms with van der Waals surface area (Å²) in [5.41, 5.74) is 4.63. The Morgan fingerprint density at radius 3 is 2.52 bits per heavy atom. The lowest BCUT2D eigenvalue weighted by Crippen LogP contribution is -2.45. The first-order valence-electron chi connectivity index (χ1n) is 9.01. The molecule has 4 heteroatoms. The van der Waals surface area contributed by atoms with Gasteiger partial charge in [-0.15, -0.1) is 0 Å². The Morgan fingerprint density at radius 2 is 1.80 bits per heavy atom. The van der Waals surface area contributed by atoms with Crippen molar-refractivity contribution >= 4 is 17.4 Å². The van der Waals surface area contributed by atoms with E-state index < -0.39 is 0 Å². The quantitative estimate of drug-likeness (QED) is 0.855. The number of likely N-dealkylation sites (tertiary alicyclic amines) is 1. The molecule has 0 bridgehead atoms. The van der Waals surface area contributed by atoms with E-state index in [9.17, 15) is 4.79 Å². The summed E-state index contributed by atoms with van der Waals surface area (Å²) in [4.78, 5) is 17.3. The number of hydrogen-bond acceptors (Lipinski definition) is 2. The number of anilines is 2. The molecule has 2 heterocycles. The second kappa shape index (κ2) is 6.19. The van der Waals surface area contributed by atoms with Crippen LogP contribution < -0.4 is 10.2 Å². The number of piperidine rings is 1. The third-order valence-electron chi connectivity index (χ3n) is 5.69. The Kier molecular flexibility index (Phi) is 4.00. The van der Waals surface area contributed by atoms with Gasteiger partial charge in [-0.05, 0) is 63.7 Å². The van der Waals surface area contributed by atoms with E-state index in [4.69, 9.17) is 0 Å². The highest BCUT2D eigenvalue weighted by atomic mass is 16.2. The lowest BCUT2D eigenvalue weighted by Gasteiger charge is -2.38. The number of rotatable bonds is 1. The fourth-order valence-corrected chi connectivity index (χ4v) is 4.15. The predicted molar refractivity (Wildman–Crippen MR) is 102 cm³/mol. The predicted octanol–water partition coefficient (Wildman–Crippen LogP) is 4.01. The van der Waals surface area contributed by atoms with Gasteiger partial charge in [0.2, 0.25) is 0 Å². The Bertz CT molecular complexity index is 779. The first-order valence-corrected chi connectivity index (χ1v) is 9.01. The van der Waals surface area contributed by atoms with Crippen molar-refractivity contribution < 1.29 is 4.79 Å². The highest BCUT2D eigenvalue weighted by molar-refractivity contribution is 6.03. The van der Waals surface area contributed by atoms with E-state index in [2.05, 4.69) is 42.4 Å². The summed E-state index contributed by atoms with van der Waals surface area (Å²) in [6, 6.07) is 16.2. The standard InChI is InChI=1S/C21H25N3O/c1-16-8-9-19-18(14-16)21(10-12-23(2)13-11-21)15-24(19)20(25)22-17-6-4-3-5-7-17/h3-9,14H,10-13,15H2,1-2H3,(H,22,25). The maximum absolute atomic E-state index is 13.0. The van der Waals surface area contributed by atoms with Crippen molar-refractivity contribution in [3.8, 4) is 0 Å². The molecule has 1 N–H and O–H groups in total. The van der Waals surface area contributed by atoms with Crippen LogP contribution in [0.2, 0.25) is 0 Å². The van der Waals surface area contributed by atoms with Crippen molar-refractivity contribution in [2.45, 2.75) is 25.2 Å². The number of amides is 2. The van der Waals surface area contributed by atoms with Gasteiger partial charge in [0.05, 0.1) is 0 Å². The van der Waals surface area contributed by atoms with Crippen molar-refractivity contribution in [1.29, 1.82) is 0 Å². The number of fused-ring (bicyclic) bond motifs is 2. The highest BCUT2D eigenvalue weighted by Gasteiger charge is 2.46. The van der Waals surface area contributed by atoms with Crippen LogP contribution in [0, 0.1) is 6.92 Å². The average molecular weight is 335 g/mol. The van der Waals surface area contributed by atoms with Gasteiger partial charge in [0.1, 0.15) is 0 Å². The molecule has 0 unspecified atom stereocenters. The Morgan fingerprint density at radius 1 is 1.08 bits per heavy atom. The van der Waals surface area contributed by atoms with Crippen LogP contribution in [-0.4, -0.2) is 37.6 Å². The number of benzene rings is 2. The van der Waals surface area contributed by atoms with Crippen molar-refractivity contribution in [3.63, 3.8) is 0 Å². The molecule has 25 heavy (non-hydrogen) atoms. The number of hydrogen-bond donors (Lipinski definition) is 1. The molecule has 2 aliphatic rings. The minimum absolute atomic E-state index is 0.0351. The molecule has 130 valence electrons. The van der Waals surface area contributed by atoms with Crippen LogP contribution in [0.4, 0.5) is 16.2 Å². The fourth-order valence-electron chi connectivity index (χ4n) is 4.15. The van der Waals surface area contributed by atoms with E-state index in [0.29, 0.717) is 0 Å². The van der Waals surface area contributed by atoms with Crippen LogP contribution in [0.25, 0.3) is 0 Å². The van der Waals surface area contributed by atoms with Crippen molar-refractivity contribution in [3.05, 3.63) is 59.7 Å². The highest BCUT2D eigenvalue weighted by Crippen LogP contribution is 2.47. The molecule has 2 aliphatic heterocycles. The topological polar surface area (TPSA) is 35.6 Å². The average Bonchev–Trinajstić information content (AvgIpc) is 2.93. The smallest absolute Gasteiger partial charge is 0.308 e. The Balaban J connectivity index is 1.65. The molecule has 0 aliphatic carbocycles. The first kappa shape index (κ1) is 16.2. The first-order chi connectivity index (χ1) is 12.1.